The molecule has 8 nitrogen and oxygen atoms in total. The number of fused-ring (bicyclic) bond motifs is 1. The summed E-state index contributed by atoms with van der Waals surface area (Å²) < 4.78 is 33.0. The Balaban J connectivity index is 2.16. The fourth-order valence-corrected chi connectivity index (χ4v) is 3.45. The molecular weight excluding hydrogens is 431 g/mol. The van der Waals surface area contributed by atoms with Gasteiger partial charge < -0.3 is 19.7 Å². The Morgan fingerprint density at radius 2 is 1.86 bits per heavy atom. The topological polar surface area (TPSA) is 129 Å². The van der Waals surface area contributed by atoms with Gasteiger partial charge in [0.25, 0.3) is 0 Å². The van der Waals surface area contributed by atoms with Crippen molar-refractivity contribution >= 4 is 61.8 Å². The van der Waals surface area contributed by atoms with E-state index in [4.69, 9.17) is 37.5 Å². The van der Waals surface area contributed by atoms with Gasteiger partial charge in [-0.1, -0.05) is 23.2 Å². The second-order valence-electron chi connectivity index (χ2n) is 5.69. The molecule has 1 aromatic heterocycles. The van der Waals surface area contributed by atoms with Crippen molar-refractivity contribution in [1.82, 2.24) is 0 Å². The Morgan fingerprint density at radius 1 is 1.14 bits per heavy atom. The quantitative estimate of drug-likeness (QED) is 0.456. The van der Waals surface area contributed by atoms with Crippen LogP contribution in [0, 0.1) is 0 Å². The van der Waals surface area contributed by atoms with Crippen LogP contribution in [-0.2, 0) is 10.1 Å². The van der Waals surface area contributed by atoms with Gasteiger partial charge in [-0.15, -0.1) is 0 Å². The summed E-state index contributed by atoms with van der Waals surface area (Å²) in [6.45, 7) is 0. The maximum absolute atomic E-state index is 12.9. The fourth-order valence-electron chi connectivity index (χ4n) is 2.51. The van der Waals surface area contributed by atoms with Crippen LogP contribution in [0.4, 0.5) is 10.5 Å². The Bertz CT molecular complexity index is 1220. The number of primary amides is 1. The number of urea groups is 1. The lowest BCUT2D eigenvalue weighted by molar-refractivity contribution is 0.101. The molecule has 146 valence electrons. The summed E-state index contributed by atoms with van der Waals surface area (Å²) in [7, 11) is -3.77. The molecular formula is C17H12Cl2N2O6S. The van der Waals surface area contributed by atoms with Gasteiger partial charge in [0.1, 0.15) is 17.0 Å². The van der Waals surface area contributed by atoms with Gasteiger partial charge in [-0.25, -0.2) is 4.79 Å². The van der Waals surface area contributed by atoms with Crippen molar-refractivity contribution in [3.63, 3.8) is 0 Å². The summed E-state index contributed by atoms with van der Waals surface area (Å²) >= 11 is 11.9. The molecule has 11 heteroatoms. The van der Waals surface area contributed by atoms with Gasteiger partial charge >= 0.3 is 16.1 Å². The number of carbonyl (C=O) groups is 2. The third-order valence-electron chi connectivity index (χ3n) is 3.54. The molecule has 0 atom stereocenters. The first-order chi connectivity index (χ1) is 13.0. The summed E-state index contributed by atoms with van der Waals surface area (Å²) in [5.74, 6) is -0.903. The van der Waals surface area contributed by atoms with E-state index in [1.165, 1.54) is 36.4 Å². The van der Waals surface area contributed by atoms with E-state index in [-0.39, 0.29) is 33.4 Å². The molecule has 0 bridgehead atoms. The highest BCUT2D eigenvalue weighted by Crippen LogP contribution is 2.36. The van der Waals surface area contributed by atoms with E-state index in [1.807, 2.05) is 0 Å². The normalized spacial score (nSPS) is 11.4. The summed E-state index contributed by atoms with van der Waals surface area (Å²) in [5.41, 5.74) is 5.40. The number of carbonyl (C=O) groups excluding carboxylic acids is 2. The number of amides is 2. The Hall–Kier alpha value is -2.75. The second kappa shape index (κ2) is 7.34. The van der Waals surface area contributed by atoms with Crippen LogP contribution in [0.2, 0.25) is 10.0 Å². The van der Waals surface area contributed by atoms with Crippen molar-refractivity contribution in [3.05, 3.63) is 57.8 Å². The first-order valence-electron chi connectivity index (χ1n) is 7.57. The number of hydrogen-bond donors (Lipinski definition) is 2. The number of anilines is 1. The zero-order valence-electron chi connectivity index (χ0n) is 14.2. The summed E-state index contributed by atoms with van der Waals surface area (Å²) in [6.07, 6.45) is 0.886. The van der Waals surface area contributed by atoms with E-state index in [2.05, 4.69) is 5.32 Å². The lowest BCUT2D eigenvalue weighted by Gasteiger charge is -2.05. The molecule has 3 rings (SSSR count). The molecule has 0 saturated heterocycles. The minimum atomic E-state index is -3.77. The van der Waals surface area contributed by atoms with Gasteiger partial charge in [0.15, 0.2) is 5.76 Å². The van der Waals surface area contributed by atoms with Crippen molar-refractivity contribution in [2.45, 2.75) is 0 Å². The lowest BCUT2D eigenvalue weighted by atomic mass is 10.1. The van der Waals surface area contributed by atoms with E-state index < -0.39 is 21.9 Å². The summed E-state index contributed by atoms with van der Waals surface area (Å²) in [5, 5.41) is 3.08. The lowest BCUT2D eigenvalue weighted by Crippen LogP contribution is -2.20. The molecule has 0 spiro atoms. The van der Waals surface area contributed by atoms with Crippen molar-refractivity contribution in [2.24, 2.45) is 5.73 Å². The zero-order chi connectivity index (χ0) is 20.6. The van der Waals surface area contributed by atoms with Crippen molar-refractivity contribution in [2.75, 3.05) is 11.6 Å². The van der Waals surface area contributed by atoms with Crippen LogP contribution in [0.5, 0.6) is 5.75 Å². The standard InChI is InChI=1S/C17H12Cl2N2O6S/c1-28(24,25)27-9-3-5-11-13(7-9)26-16(14(11)21-17(20)23)15(22)10-4-2-8(18)6-12(10)19/h2-7H,1H3,(H3,20,21,23). The number of nitrogens with one attached hydrogen (secondary N) is 1. The van der Waals surface area contributed by atoms with Gasteiger partial charge in [-0.05, 0) is 30.3 Å². The maximum atomic E-state index is 12.9. The predicted molar refractivity (Wildman–Crippen MR) is 105 cm³/mol. The molecule has 1 heterocycles. The number of ketones is 1. The van der Waals surface area contributed by atoms with Gasteiger partial charge in [-0.2, -0.15) is 8.42 Å². The average Bonchev–Trinajstić information content (AvgIpc) is 2.90. The van der Waals surface area contributed by atoms with Crippen LogP contribution in [-0.4, -0.2) is 26.5 Å². The average molecular weight is 443 g/mol. The summed E-state index contributed by atoms with van der Waals surface area (Å²) in [4.78, 5) is 24.3. The van der Waals surface area contributed by atoms with Gasteiger partial charge in [-0.3, -0.25) is 4.79 Å². The number of furan rings is 1. The van der Waals surface area contributed by atoms with E-state index in [0.29, 0.717) is 10.4 Å². The highest BCUT2D eigenvalue weighted by atomic mass is 35.5. The molecule has 28 heavy (non-hydrogen) atoms. The number of halogens is 2. The maximum Gasteiger partial charge on any atom is 0.316 e. The summed E-state index contributed by atoms with van der Waals surface area (Å²) in [6, 6.07) is 7.38. The largest absolute Gasteiger partial charge is 0.450 e. The Morgan fingerprint density at radius 3 is 2.46 bits per heavy atom. The minimum absolute atomic E-state index is 0.0180. The van der Waals surface area contributed by atoms with Gasteiger partial charge in [0.05, 0.1) is 11.3 Å². The first kappa shape index (κ1) is 20.0. The van der Waals surface area contributed by atoms with E-state index >= 15 is 0 Å². The smallest absolute Gasteiger partial charge is 0.316 e. The fraction of sp³-hybridized carbons (Fsp3) is 0.0588. The molecule has 2 aromatic carbocycles. The molecule has 0 radical (unpaired) electrons. The highest BCUT2D eigenvalue weighted by Gasteiger charge is 2.25. The molecule has 0 aliphatic carbocycles. The van der Waals surface area contributed by atoms with Crippen LogP contribution in [0.3, 0.4) is 0 Å². The third kappa shape index (κ3) is 4.22. The number of benzene rings is 2. The molecule has 0 aliphatic heterocycles. The predicted octanol–water partition coefficient (Wildman–Crippen LogP) is 3.80. The first-order valence-corrected chi connectivity index (χ1v) is 10.1. The van der Waals surface area contributed by atoms with Crippen LogP contribution in [0.25, 0.3) is 11.0 Å². The van der Waals surface area contributed by atoms with Crippen LogP contribution < -0.4 is 15.2 Å². The van der Waals surface area contributed by atoms with Gasteiger partial charge in [0, 0.05) is 22.0 Å². The number of hydrogen-bond acceptors (Lipinski definition) is 6. The van der Waals surface area contributed by atoms with Crippen LogP contribution >= 0.6 is 23.2 Å². The minimum Gasteiger partial charge on any atom is -0.450 e. The Kier molecular flexibility index (Phi) is 5.24. The molecule has 3 N–H and O–H groups in total. The number of nitrogens with two attached hydrogens (primary N) is 1. The molecule has 0 unspecified atom stereocenters. The van der Waals surface area contributed by atoms with Crippen molar-refractivity contribution in [3.8, 4) is 5.75 Å². The highest BCUT2D eigenvalue weighted by molar-refractivity contribution is 7.86. The van der Waals surface area contributed by atoms with Gasteiger partial charge in [0.2, 0.25) is 5.78 Å². The third-order valence-corrected chi connectivity index (χ3v) is 4.58. The van der Waals surface area contributed by atoms with Crippen LogP contribution in [0.15, 0.2) is 40.8 Å². The van der Waals surface area contributed by atoms with Crippen molar-refractivity contribution < 1.29 is 26.6 Å². The Labute approximate surface area is 169 Å². The van der Waals surface area contributed by atoms with E-state index in [1.54, 1.807) is 0 Å². The molecule has 0 fully saturated rings. The SMILES string of the molecule is CS(=O)(=O)Oc1ccc2c(NC(N)=O)c(C(=O)c3ccc(Cl)cc3Cl)oc2c1. The van der Waals surface area contributed by atoms with Crippen molar-refractivity contribution in [1.29, 1.82) is 0 Å². The molecule has 2 amide bonds. The van der Waals surface area contributed by atoms with Crippen LogP contribution in [0.1, 0.15) is 16.1 Å². The zero-order valence-corrected chi connectivity index (χ0v) is 16.5. The number of rotatable bonds is 5. The molecule has 0 aliphatic rings. The monoisotopic (exact) mass is 442 g/mol. The van der Waals surface area contributed by atoms with E-state index in [9.17, 15) is 18.0 Å². The van der Waals surface area contributed by atoms with E-state index in [0.717, 1.165) is 6.26 Å². The molecule has 0 saturated carbocycles. The molecule has 3 aromatic rings. The second-order valence-corrected chi connectivity index (χ2v) is 8.11.